The monoisotopic (exact) mass is 223 g/mol. The largest absolute Gasteiger partial charge is 0.497 e. The zero-order chi connectivity index (χ0) is 11.7. The van der Waals surface area contributed by atoms with Gasteiger partial charge in [0, 0.05) is 12.0 Å². The van der Waals surface area contributed by atoms with Gasteiger partial charge in [0.05, 0.1) is 19.3 Å². The maximum absolute atomic E-state index is 9.60. The van der Waals surface area contributed by atoms with Crippen molar-refractivity contribution in [3.8, 4) is 5.75 Å². The number of methoxy groups -OCH3 is 1. The first-order valence-electron chi connectivity index (χ1n) is 5.39. The highest BCUT2D eigenvalue weighted by Crippen LogP contribution is 2.34. The molecule has 88 valence electrons. The second-order valence-electron chi connectivity index (χ2n) is 4.25. The van der Waals surface area contributed by atoms with E-state index in [-0.39, 0.29) is 5.92 Å². The van der Waals surface area contributed by atoms with Gasteiger partial charge >= 0.3 is 0 Å². The third-order valence-corrected chi connectivity index (χ3v) is 3.29. The van der Waals surface area contributed by atoms with Crippen LogP contribution in [-0.2, 0) is 0 Å². The van der Waals surface area contributed by atoms with Gasteiger partial charge in [0.2, 0.25) is 0 Å². The molecular formula is C12H17NO3. The van der Waals surface area contributed by atoms with E-state index in [1.807, 2.05) is 24.3 Å². The Morgan fingerprint density at radius 2 is 1.88 bits per heavy atom. The van der Waals surface area contributed by atoms with E-state index in [1.165, 1.54) is 0 Å². The molecule has 0 saturated heterocycles. The van der Waals surface area contributed by atoms with Crippen molar-refractivity contribution in [1.82, 2.24) is 0 Å². The smallest absolute Gasteiger partial charge is 0.118 e. The highest BCUT2D eigenvalue weighted by Gasteiger charge is 2.39. The first kappa shape index (κ1) is 11.4. The number of hydrogen-bond acceptors (Lipinski definition) is 4. The van der Waals surface area contributed by atoms with Gasteiger partial charge in [0.25, 0.3) is 0 Å². The lowest BCUT2D eigenvalue weighted by Gasteiger charge is -2.17. The Morgan fingerprint density at radius 1 is 1.25 bits per heavy atom. The van der Waals surface area contributed by atoms with Crippen molar-refractivity contribution in [1.29, 1.82) is 0 Å². The third-order valence-electron chi connectivity index (χ3n) is 3.29. The molecule has 0 heterocycles. The molecule has 0 spiro atoms. The van der Waals surface area contributed by atoms with Crippen molar-refractivity contribution in [3.63, 3.8) is 0 Å². The van der Waals surface area contributed by atoms with E-state index in [4.69, 9.17) is 10.5 Å². The predicted octanol–water partition coefficient (Wildman–Crippen LogP) is 0.232. The van der Waals surface area contributed by atoms with E-state index in [1.54, 1.807) is 7.11 Å². The second kappa shape index (κ2) is 4.41. The van der Waals surface area contributed by atoms with Crippen LogP contribution in [0, 0.1) is 0 Å². The van der Waals surface area contributed by atoms with Gasteiger partial charge in [-0.25, -0.2) is 0 Å². The van der Waals surface area contributed by atoms with Gasteiger partial charge in [-0.15, -0.1) is 0 Å². The second-order valence-corrected chi connectivity index (χ2v) is 4.25. The van der Waals surface area contributed by atoms with Crippen LogP contribution in [0.3, 0.4) is 0 Å². The normalized spacial score (nSPS) is 34.0. The molecular weight excluding hydrogens is 206 g/mol. The summed E-state index contributed by atoms with van der Waals surface area (Å²) in [5.74, 6) is 0.798. The van der Waals surface area contributed by atoms with E-state index >= 15 is 0 Å². The number of hydrogen-bond donors (Lipinski definition) is 3. The quantitative estimate of drug-likeness (QED) is 0.671. The van der Waals surface area contributed by atoms with Crippen LogP contribution >= 0.6 is 0 Å². The van der Waals surface area contributed by atoms with Crippen LogP contribution < -0.4 is 10.5 Å². The molecule has 1 aliphatic rings. The van der Waals surface area contributed by atoms with Crippen LogP contribution in [0.15, 0.2) is 24.3 Å². The Hall–Kier alpha value is -1.10. The molecule has 4 heteroatoms. The molecule has 1 aromatic carbocycles. The molecule has 0 aliphatic heterocycles. The Bertz CT molecular complexity index is 352. The molecule has 4 N–H and O–H groups in total. The van der Waals surface area contributed by atoms with Crippen LogP contribution in [0.1, 0.15) is 17.9 Å². The van der Waals surface area contributed by atoms with Crippen LogP contribution in [-0.4, -0.2) is 35.6 Å². The Balaban J connectivity index is 2.18. The van der Waals surface area contributed by atoms with Crippen molar-refractivity contribution in [2.24, 2.45) is 5.73 Å². The summed E-state index contributed by atoms with van der Waals surface area (Å²) in [5, 5.41) is 19.1. The van der Waals surface area contributed by atoms with Crippen LogP contribution in [0.25, 0.3) is 0 Å². The summed E-state index contributed by atoms with van der Waals surface area (Å²) in [5.41, 5.74) is 6.91. The molecule has 2 rings (SSSR count). The SMILES string of the molecule is COc1ccc(C2C[C@@H](O)[C@@H](O)[C@@H]2N)cc1. The average Bonchev–Trinajstić information content (AvgIpc) is 2.57. The predicted molar refractivity (Wildman–Crippen MR) is 60.3 cm³/mol. The number of nitrogens with two attached hydrogens (primary N) is 1. The molecule has 4 atom stereocenters. The van der Waals surface area contributed by atoms with Crippen molar-refractivity contribution >= 4 is 0 Å². The summed E-state index contributed by atoms with van der Waals surface area (Å²) < 4.78 is 5.07. The summed E-state index contributed by atoms with van der Waals surface area (Å²) in [6.45, 7) is 0. The maximum Gasteiger partial charge on any atom is 0.118 e. The lowest BCUT2D eigenvalue weighted by atomic mass is 9.94. The van der Waals surface area contributed by atoms with Crippen molar-refractivity contribution in [2.45, 2.75) is 30.6 Å². The van der Waals surface area contributed by atoms with Crippen LogP contribution in [0.5, 0.6) is 5.75 Å². The number of rotatable bonds is 2. The van der Waals surface area contributed by atoms with E-state index in [0.717, 1.165) is 11.3 Å². The molecule has 1 fully saturated rings. The fraction of sp³-hybridized carbons (Fsp3) is 0.500. The van der Waals surface area contributed by atoms with E-state index in [9.17, 15) is 10.2 Å². The first-order valence-corrected chi connectivity index (χ1v) is 5.39. The standard InChI is InChI=1S/C12H17NO3/c1-16-8-4-2-7(3-5-8)9-6-10(14)12(15)11(9)13/h2-5,9-12,14-15H,6,13H2,1H3/t9?,10-,11-,12-/m1/s1. The molecule has 0 aromatic heterocycles. The molecule has 1 unspecified atom stereocenters. The van der Waals surface area contributed by atoms with Gasteiger partial charge in [-0.1, -0.05) is 12.1 Å². The minimum Gasteiger partial charge on any atom is -0.497 e. The van der Waals surface area contributed by atoms with E-state index < -0.39 is 18.2 Å². The van der Waals surface area contributed by atoms with Gasteiger partial charge in [0.1, 0.15) is 5.75 Å². The summed E-state index contributed by atoms with van der Waals surface area (Å²) >= 11 is 0. The van der Waals surface area contributed by atoms with E-state index in [0.29, 0.717) is 6.42 Å². The lowest BCUT2D eigenvalue weighted by molar-refractivity contribution is 0.0363. The summed E-state index contributed by atoms with van der Waals surface area (Å²) in [4.78, 5) is 0. The number of ether oxygens (including phenoxy) is 1. The van der Waals surface area contributed by atoms with Gasteiger partial charge in [-0.3, -0.25) is 0 Å². The van der Waals surface area contributed by atoms with Crippen molar-refractivity contribution < 1.29 is 14.9 Å². The van der Waals surface area contributed by atoms with Gasteiger partial charge in [-0.2, -0.15) is 0 Å². The number of benzene rings is 1. The summed E-state index contributed by atoms with van der Waals surface area (Å²) in [6.07, 6.45) is -1.04. The highest BCUT2D eigenvalue weighted by molar-refractivity contribution is 5.31. The first-order chi connectivity index (χ1) is 7.63. The Kier molecular flexibility index (Phi) is 3.14. The van der Waals surface area contributed by atoms with E-state index in [2.05, 4.69) is 0 Å². The fourth-order valence-electron chi connectivity index (χ4n) is 2.26. The Labute approximate surface area is 94.7 Å². The molecule has 1 saturated carbocycles. The van der Waals surface area contributed by atoms with Gasteiger partial charge in [0.15, 0.2) is 0 Å². The number of aliphatic hydroxyl groups excluding tert-OH is 2. The minimum atomic E-state index is -0.827. The average molecular weight is 223 g/mol. The molecule has 16 heavy (non-hydrogen) atoms. The molecule has 0 bridgehead atoms. The lowest BCUT2D eigenvalue weighted by Crippen LogP contribution is -2.37. The van der Waals surface area contributed by atoms with Crippen LogP contribution in [0.2, 0.25) is 0 Å². The molecule has 0 amide bonds. The maximum atomic E-state index is 9.60. The summed E-state index contributed by atoms with van der Waals surface area (Å²) in [7, 11) is 1.61. The Morgan fingerprint density at radius 3 is 2.31 bits per heavy atom. The summed E-state index contributed by atoms with van der Waals surface area (Å²) in [6, 6.07) is 7.17. The highest BCUT2D eigenvalue weighted by atomic mass is 16.5. The fourth-order valence-corrected chi connectivity index (χ4v) is 2.26. The molecule has 1 aliphatic carbocycles. The zero-order valence-electron chi connectivity index (χ0n) is 9.21. The van der Waals surface area contributed by atoms with Crippen molar-refractivity contribution in [3.05, 3.63) is 29.8 Å². The molecule has 0 radical (unpaired) electrons. The van der Waals surface area contributed by atoms with Gasteiger partial charge in [-0.05, 0) is 24.1 Å². The van der Waals surface area contributed by atoms with Crippen LogP contribution in [0.4, 0.5) is 0 Å². The minimum absolute atomic E-state index is 0.0101. The van der Waals surface area contributed by atoms with Crippen molar-refractivity contribution in [2.75, 3.05) is 7.11 Å². The van der Waals surface area contributed by atoms with Gasteiger partial charge < -0.3 is 20.7 Å². The number of aliphatic hydroxyl groups is 2. The molecule has 4 nitrogen and oxygen atoms in total. The third kappa shape index (κ3) is 1.91. The topological polar surface area (TPSA) is 75.7 Å². The molecule has 1 aromatic rings. The zero-order valence-corrected chi connectivity index (χ0v) is 9.21.